The number of amides is 2. The van der Waals surface area contributed by atoms with E-state index >= 15 is 0 Å². The predicted octanol–water partition coefficient (Wildman–Crippen LogP) is 2.77. The number of fused-ring (bicyclic) bond motifs is 1. The number of imidazole rings is 1. The largest absolute Gasteiger partial charge is 0.342 e. The molecule has 1 aromatic heterocycles. The normalized spacial score (nSPS) is 21.6. The molecule has 0 spiro atoms. The van der Waals surface area contributed by atoms with Crippen LogP contribution in [0.15, 0.2) is 24.3 Å². The molecule has 2 aromatic rings. The van der Waals surface area contributed by atoms with E-state index in [0.717, 1.165) is 49.3 Å². The summed E-state index contributed by atoms with van der Waals surface area (Å²) >= 11 is 0. The summed E-state index contributed by atoms with van der Waals surface area (Å²) in [6, 6.07) is 8.08. The van der Waals surface area contributed by atoms with Crippen LogP contribution in [0.1, 0.15) is 44.9 Å². The van der Waals surface area contributed by atoms with Crippen molar-refractivity contribution in [3.63, 3.8) is 0 Å². The zero-order valence-electron chi connectivity index (χ0n) is 16.1. The van der Waals surface area contributed by atoms with Gasteiger partial charge >= 0.3 is 0 Å². The number of benzene rings is 1. The Morgan fingerprint density at radius 1 is 1.26 bits per heavy atom. The first-order valence-corrected chi connectivity index (χ1v) is 10.0. The molecule has 27 heavy (non-hydrogen) atoms. The molecule has 2 amide bonds. The third-order valence-corrected chi connectivity index (χ3v) is 5.75. The number of nitrogens with zero attached hydrogens (tertiary/aromatic N) is 3. The van der Waals surface area contributed by atoms with Crippen LogP contribution in [0.2, 0.25) is 0 Å². The number of hydrogen-bond acceptors (Lipinski definition) is 3. The molecule has 2 aliphatic heterocycles. The molecule has 0 saturated carbocycles. The van der Waals surface area contributed by atoms with Gasteiger partial charge in [0.15, 0.2) is 0 Å². The minimum atomic E-state index is -0.168. The summed E-state index contributed by atoms with van der Waals surface area (Å²) in [4.78, 5) is 37.0. The molecule has 6 heteroatoms. The second kappa shape index (κ2) is 7.33. The van der Waals surface area contributed by atoms with Gasteiger partial charge in [-0.1, -0.05) is 26.0 Å². The second-order valence-electron chi connectivity index (χ2n) is 8.33. The highest BCUT2D eigenvalue weighted by Gasteiger charge is 2.37. The van der Waals surface area contributed by atoms with Crippen molar-refractivity contribution in [2.24, 2.45) is 11.8 Å². The molecule has 2 saturated heterocycles. The summed E-state index contributed by atoms with van der Waals surface area (Å²) in [5, 5.41) is 0. The Labute approximate surface area is 159 Å². The standard InChI is InChI=1S/C21H28N4O2/c1-14(2)12-25-13-16(11-19(25)26)21(27)24-9-7-15(8-10-24)20-22-17-5-3-4-6-18(17)23-20/h3-6,14-16H,7-13H2,1-2H3,(H,22,23)/t16-/m1/s1. The highest BCUT2D eigenvalue weighted by Crippen LogP contribution is 2.29. The van der Waals surface area contributed by atoms with Crippen molar-refractivity contribution < 1.29 is 9.59 Å². The van der Waals surface area contributed by atoms with E-state index < -0.39 is 0 Å². The van der Waals surface area contributed by atoms with Gasteiger partial charge in [0.25, 0.3) is 0 Å². The van der Waals surface area contributed by atoms with Gasteiger partial charge in [0.05, 0.1) is 17.0 Å². The van der Waals surface area contributed by atoms with Gasteiger partial charge in [0.1, 0.15) is 5.82 Å². The van der Waals surface area contributed by atoms with Crippen molar-refractivity contribution in [2.75, 3.05) is 26.2 Å². The summed E-state index contributed by atoms with van der Waals surface area (Å²) in [6.45, 7) is 7.03. The van der Waals surface area contributed by atoms with Gasteiger partial charge in [0, 0.05) is 38.5 Å². The van der Waals surface area contributed by atoms with Crippen LogP contribution >= 0.6 is 0 Å². The maximum Gasteiger partial charge on any atom is 0.227 e. The highest BCUT2D eigenvalue weighted by atomic mass is 16.2. The number of aromatic amines is 1. The van der Waals surface area contributed by atoms with E-state index in [-0.39, 0.29) is 17.7 Å². The van der Waals surface area contributed by atoms with Gasteiger partial charge in [-0.15, -0.1) is 0 Å². The maximum atomic E-state index is 12.9. The molecule has 144 valence electrons. The van der Waals surface area contributed by atoms with Gasteiger partial charge < -0.3 is 14.8 Å². The van der Waals surface area contributed by atoms with Crippen molar-refractivity contribution in [2.45, 2.75) is 39.0 Å². The van der Waals surface area contributed by atoms with Crippen LogP contribution in [-0.2, 0) is 9.59 Å². The molecular weight excluding hydrogens is 340 g/mol. The zero-order chi connectivity index (χ0) is 19.0. The van der Waals surface area contributed by atoms with Crippen LogP contribution in [0.3, 0.4) is 0 Å². The summed E-state index contributed by atoms with van der Waals surface area (Å²) in [6.07, 6.45) is 2.21. The number of carbonyl (C=O) groups is 2. The lowest BCUT2D eigenvalue weighted by molar-refractivity contribution is -0.136. The van der Waals surface area contributed by atoms with Crippen molar-refractivity contribution in [3.05, 3.63) is 30.1 Å². The number of nitrogens with one attached hydrogen (secondary N) is 1. The minimum Gasteiger partial charge on any atom is -0.342 e. The fourth-order valence-electron chi connectivity index (χ4n) is 4.35. The van der Waals surface area contributed by atoms with E-state index in [0.29, 0.717) is 24.8 Å². The smallest absolute Gasteiger partial charge is 0.227 e. The molecule has 0 bridgehead atoms. The van der Waals surface area contributed by atoms with Gasteiger partial charge in [0.2, 0.25) is 11.8 Å². The molecule has 0 radical (unpaired) electrons. The van der Waals surface area contributed by atoms with Crippen LogP contribution in [0, 0.1) is 11.8 Å². The van der Waals surface area contributed by atoms with Crippen molar-refractivity contribution >= 4 is 22.8 Å². The van der Waals surface area contributed by atoms with Crippen LogP contribution in [0.4, 0.5) is 0 Å². The fraction of sp³-hybridized carbons (Fsp3) is 0.571. The van der Waals surface area contributed by atoms with E-state index in [1.54, 1.807) is 0 Å². The number of para-hydroxylation sites is 2. The van der Waals surface area contributed by atoms with E-state index in [1.165, 1.54) is 0 Å². The van der Waals surface area contributed by atoms with E-state index in [4.69, 9.17) is 4.98 Å². The molecule has 1 atom stereocenters. The van der Waals surface area contributed by atoms with Gasteiger partial charge in [-0.05, 0) is 30.9 Å². The quantitative estimate of drug-likeness (QED) is 0.902. The Kier molecular flexibility index (Phi) is 4.89. The Morgan fingerprint density at radius 2 is 2.00 bits per heavy atom. The summed E-state index contributed by atoms with van der Waals surface area (Å²) in [5.74, 6) is 1.93. The summed E-state index contributed by atoms with van der Waals surface area (Å²) in [5.41, 5.74) is 2.07. The first-order chi connectivity index (χ1) is 13.0. The summed E-state index contributed by atoms with van der Waals surface area (Å²) in [7, 11) is 0. The fourth-order valence-corrected chi connectivity index (χ4v) is 4.35. The average molecular weight is 368 g/mol. The monoisotopic (exact) mass is 368 g/mol. The molecule has 6 nitrogen and oxygen atoms in total. The van der Waals surface area contributed by atoms with Crippen LogP contribution in [0.5, 0.6) is 0 Å². The topological polar surface area (TPSA) is 69.3 Å². The zero-order valence-corrected chi connectivity index (χ0v) is 16.1. The van der Waals surface area contributed by atoms with Crippen LogP contribution in [0.25, 0.3) is 11.0 Å². The third-order valence-electron chi connectivity index (χ3n) is 5.75. The Morgan fingerprint density at radius 3 is 2.70 bits per heavy atom. The van der Waals surface area contributed by atoms with Crippen LogP contribution in [-0.4, -0.2) is 57.8 Å². The lowest BCUT2D eigenvalue weighted by atomic mass is 9.95. The number of carbonyl (C=O) groups excluding carboxylic acids is 2. The van der Waals surface area contributed by atoms with Crippen molar-refractivity contribution in [3.8, 4) is 0 Å². The first-order valence-electron chi connectivity index (χ1n) is 10.0. The molecule has 0 unspecified atom stereocenters. The van der Waals surface area contributed by atoms with Gasteiger partial charge in [-0.2, -0.15) is 0 Å². The lowest BCUT2D eigenvalue weighted by Gasteiger charge is -2.32. The Bertz CT molecular complexity index is 803. The van der Waals surface area contributed by atoms with Gasteiger partial charge in [-0.3, -0.25) is 9.59 Å². The molecule has 0 aliphatic carbocycles. The number of aromatic nitrogens is 2. The molecule has 4 rings (SSSR count). The Hall–Kier alpha value is -2.37. The molecular formula is C21H28N4O2. The number of rotatable bonds is 4. The average Bonchev–Trinajstić information content (AvgIpc) is 3.25. The molecule has 1 aromatic carbocycles. The second-order valence-corrected chi connectivity index (χ2v) is 8.33. The third kappa shape index (κ3) is 3.70. The molecule has 2 aliphatic rings. The number of likely N-dealkylation sites (tertiary alicyclic amines) is 2. The predicted molar refractivity (Wildman–Crippen MR) is 104 cm³/mol. The van der Waals surface area contributed by atoms with E-state index in [2.05, 4.69) is 18.8 Å². The van der Waals surface area contributed by atoms with Crippen LogP contribution < -0.4 is 0 Å². The maximum absolute atomic E-state index is 12.9. The molecule has 3 heterocycles. The van der Waals surface area contributed by atoms with E-state index in [9.17, 15) is 9.59 Å². The number of piperidine rings is 1. The SMILES string of the molecule is CC(C)CN1C[C@H](C(=O)N2CCC(c3nc4ccccc4[nH]3)CC2)CC1=O. The van der Waals surface area contributed by atoms with E-state index in [1.807, 2.05) is 34.1 Å². The van der Waals surface area contributed by atoms with Crippen molar-refractivity contribution in [1.82, 2.24) is 19.8 Å². The van der Waals surface area contributed by atoms with Gasteiger partial charge in [-0.25, -0.2) is 4.98 Å². The van der Waals surface area contributed by atoms with Crippen molar-refractivity contribution in [1.29, 1.82) is 0 Å². The lowest BCUT2D eigenvalue weighted by Crippen LogP contribution is -2.42. The molecule has 2 fully saturated rings. The summed E-state index contributed by atoms with van der Waals surface area (Å²) < 4.78 is 0. The Balaban J connectivity index is 1.35. The number of hydrogen-bond donors (Lipinski definition) is 1. The minimum absolute atomic E-state index is 0.124. The molecule has 1 N–H and O–H groups in total. The highest BCUT2D eigenvalue weighted by molar-refractivity contribution is 5.89. The number of H-pyrrole nitrogens is 1. The first kappa shape index (κ1) is 18.0.